The van der Waals surface area contributed by atoms with Gasteiger partial charge in [-0.05, 0) is 37.1 Å². The van der Waals surface area contributed by atoms with Gasteiger partial charge in [0.05, 0.1) is 16.4 Å². The molecule has 0 amide bonds. The Hall–Kier alpha value is -1.67. The molecule has 19 heavy (non-hydrogen) atoms. The van der Waals surface area contributed by atoms with Gasteiger partial charge < -0.3 is 10.6 Å². The number of nitrogens with two attached hydrogens (primary N) is 1. The van der Waals surface area contributed by atoms with Crippen molar-refractivity contribution in [2.24, 2.45) is 0 Å². The first-order valence-corrected chi connectivity index (χ1v) is 6.84. The third-order valence-electron chi connectivity index (χ3n) is 3.37. The van der Waals surface area contributed by atoms with E-state index in [1.54, 1.807) is 0 Å². The molecule has 0 spiro atoms. The van der Waals surface area contributed by atoms with Crippen molar-refractivity contribution >= 4 is 23.0 Å². The smallest absolute Gasteiger partial charge is 0.0741 e. The highest BCUT2D eigenvalue weighted by molar-refractivity contribution is 6.33. The van der Waals surface area contributed by atoms with Crippen LogP contribution in [0.3, 0.4) is 0 Å². The molecule has 2 N–H and O–H groups in total. The SMILES string of the molecule is CCN(Cc1ccccc1C)c1cccc(Cl)c1N. The minimum atomic E-state index is 0.612. The summed E-state index contributed by atoms with van der Waals surface area (Å²) in [6, 6.07) is 14.2. The predicted molar refractivity (Wildman–Crippen MR) is 83.8 cm³/mol. The number of benzene rings is 2. The summed E-state index contributed by atoms with van der Waals surface area (Å²) in [4.78, 5) is 2.24. The van der Waals surface area contributed by atoms with E-state index in [1.807, 2.05) is 18.2 Å². The summed E-state index contributed by atoms with van der Waals surface area (Å²) in [7, 11) is 0. The second kappa shape index (κ2) is 5.98. The number of rotatable bonds is 4. The molecule has 2 nitrogen and oxygen atoms in total. The Morgan fingerprint density at radius 2 is 1.84 bits per heavy atom. The first-order chi connectivity index (χ1) is 9.13. The lowest BCUT2D eigenvalue weighted by Crippen LogP contribution is -2.23. The lowest BCUT2D eigenvalue weighted by molar-refractivity contribution is 0.828. The molecule has 0 bridgehead atoms. The van der Waals surface area contributed by atoms with E-state index in [2.05, 4.69) is 43.0 Å². The molecule has 2 aromatic rings. The molecule has 2 aromatic carbocycles. The van der Waals surface area contributed by atoms with E-state index in [0.717, 1.165) is 18.8 Å². The van der Waals surface area contributed by atoms with E-state index in [9.17, 15) is 0 Å². The van der Waals surface area contributed by atoms with Crippen LogP contribution in [0, 0.1) is 6.92 Å². The van der Waals surface area contributed by atoms with Crippen LogP contribution in [0.1, 0.15) is 18.1 Å². The van der Waals surface area contributed by atoms with Gasteiger partial charge in [-0.25, -0.2) is 0 Å². The Kier molecular flexibility index (Phi) is 4.33. The molecular weight excluding hydrogens is 256 g/mol. The molecule has 0 atom stereocenters. The molecule has 0 aliphatic heterocycles. The van der Waals surface area contributed by atoms with Crippen LogP contribution in [0.2, 0.25) is 5.02 Å². The number of para-hydroxylation sites is 1. The molecule has 0 saturated heterocycles. The van der Waals surface area contributed by atoms with E-state index >= 15 is 0 Å². The van der Waals surface area contributed by atoms with Crippen LogP contribution >= 0.6 is 11.6 Å². The van der Waals surface area contributed by atoms with Crippen LogP contribution in [-0.4, -0.2) is 6.54 Å². The number of halogens is 1. The van der Waals surface area contributed by atoms with Crippen LogP contribution in [0.4, 0.5) is 11.4 Å². The monoisotopic (exact) mass is 274 g/mol. The summed E-state index contributed by atoms with van der Waals surface area (Å²) in [5.74, 6) is 0. The lowest BCUT2D eigenvalue weighted by Gasteiger charge is -2.25. The number of nitrogens with zero attached hydrogens (tertiary/aromatic N) is 1. The van der Waals surface area contributed by atoms with E-state index in [0.29, 0.717) is 10.7 Å². The molecule has 0 radical (unpaired) electrons. The number of aryl methyl sites for hydroxylation is 1. The molecular formula is C16H19ClN2. The van der Waals surface area contributed by atoms with E-state index in [-0.39, 0.29) is 0 Å². The minimum absolute atomic E-state index is 0.612. The first kappa shape index (κ1) is 13.8. The van der Waals surface area contributed by atoms with Gasteiger partial charge in [-0.2, -0.15) is 0 Å². The maximum atomic E-state index is 6.10. The fraction of sp³-hybridized carbons (Fsp3) is 0.250. The summed E-state index contributed by atoms with van der Waals surface area (Å²) in [5.41, 5.74) is 10.3. The van der Waals surface area contributed by atoms with Gasteiger partial charge in [-0.1, -0.05) is 41.9 Å². The van der Waals surface area contributed by atoms with Gasteiger partial charge in [0.25, 0.3) is 0 Å². The lowest BCUT2D eigenvalue weighted by atomic mass is 10.1. The molecule has 0 saturated carbocycles. The van der Waals surface area contributed by atoms with Gasteiger partial charge in [-0.3, -0.25) is 0 Å². The molecule has 100 valence electrons. The molecule has 3 heteroatoms. The highest BCUT2D eigenvalue weighted by atomic mass is 35.5. The van der Waals surface area contributed by atoms with Crippen molar-refractivity contribution < 1.29 is 0 Å². The molecule has 0 aromatic heterocycles. The first-order valence-electron chi connectivity index (χ1n) is 6.47. The third-order valence-corrected chi connectivity index (χ3v) is 3.70. The quantitative estimate of drug-likeness (QED) is 0.844. The fourth-order valence-electron chi connectivity index (χ4n) is 2.16. The largest absolute Gasteiger partial charge is 0.396 e. The van der Waals surface area contributed by atoms with E-state index in [4.69, 9.17) is 17.3 Å². The van der Waals surface area contributed by atoms with Crippen LogP contribution < -0.4 is 10.6 Å². The van der Waals surface area contributed by atoms with E-state index < -0.39 is 0 Å². The normalized spacial score (nSPS) is 10.5. The average molecular weight is 275 g/mol. The topological polar surface area (TPSA) is 29.3 Å². The average Bonchev–Trinajstić information content (AvgIpc) is 2.41. The molecule has 2 rings (SSSR count). The Labute approximate surface area is 119 Å². The second-order valence-electron chi connectivity index (χ2n) is 4.61. The molecule has 0 unspecified atom stereocenters. The maximum Gasteiger partial charge on any atom is 0.0741 e. The highest BCUT2D eigenvalue weighted by Gasteiger charge is 2.11. The maximum absolute atomic E-state index is 6.10. The van der Waals surface area contributed by atoms with Gasteiger partial charge in [-0.15, -0.1) is 0 Å². The van der Waals surface area contributed by atoms with Crippen molar-refractivity contribution in [2.75, 3.05) is 17.2 Å². The zero-order chi connectivity index (χ0) is 13.8. The number of anilines is 2. The van der Waals surface area contributed by atoms with Crippen molar-refractivity contribution in [3.63, 3.8) is 0 Å². The third kappa shape index (κ3) is 3.02. The molecule has 0 heterocycles. The number of hydrogen-bond acceptors (Lipinski definition) is 2. The summed E-state index contributed by atoms with van der Waals surface area (Å²) in [6.45, 7) is 5.98. The van der Waals surface area contributed by atoms with Gasteiger partial charge in [0.15, 0.2) is 0 Å². The second-order valence-corrected chi connectivity index (χ2v) is 5.02. The Morgan fingerprint density at radius 1 is 1.11 bits per heavy atom. The summed E-state index contributed by atoms with van der Waals surface area (Å²) >= 11 is 6.10. The minimum Gasteiger partial charge on any atom is -0.396 e. The van der Waals surface area contributed by atoms with Crippen LogP contribution in [0.5, 0.6) is 0 Å². The van der Waals surface area contributed by atoms with Crippen molar-refractivity contribution in [3.8, 4) is 0 Å². The number of nitrogen functional groups attached to an aromatic ring is 1. The summed E-state index contributed by atoms with van der Waals surface area (Å²) in [5, 5.41) is 0.612. The van der Waals surface area contributed by atoms with Crippen molar-refractivity contribution in [3.05, 3.63) is 58.6 Å². The van der Waals surface area contributed by atoms with Crippen LogP contribution in [0.15, 0.2) is 42.5 Å². The van der Waals surface area contributed by atoms with Gasteiger partial charge in [0.2, 0.25) is 0 Å². The molecule has 0 aliphatic carbocycles. The van der Waals surface area contributed by atoms with Crippen molar-refractivity contribution in [2.45, 2.75) is 20.4 Å². The predicted octanol–water partition coefficient (Wildman–Crippen LogP) is 4.26. The van der Waals surface area contributed by atoms with Crippen LogP contribution in [-0.2, 0) is 6.54 Å². The van der Waals surface area contributed by atoms with Crippen molar-refractivity contribution in [1.29, 1.82) is 0 Å². The van der Waals surface area contributed by atoms with Crippen molar-refractivity contribution in [1.82, 2.24) is 0 Å². The van der Waals surface area contributed by atoms with Gasteiger partial charge in [0, 0.05) is 13.1 Å². The van der Waals surface area contributed by atoms with Crippen LogP contribution in [0.25, 0.3) is 0 Å². The Balaban J connectivity index is 2.31. The highest BCUT2D eigenvalue weighted by Crippen LogP contribution is 2.31. The van der Waals surface area contributed by atoms with Gasteiger partial charge >= 0.3 is 0 Å². The summed E-state index contributed by atoms with van der Waals surface area (Å²) < 4.78 is 0. The Bertz CT molecular complexity index is 566. The standard InChI is InChI=1S/C16H19ClN2/c1-3-19(11-13-8-5-4-7-12(13)2)15-10-6-9-14(17)16(15)18/h4-10H,3,11,18H2,1-2H3. The fourth-order valence-corrected chi connectivity index (χ4v) is 2.33. The zero-order valence-corrected chi connectivity index (χ0v) is 12.1. The van der Waals surface area contributed by atoms with Gasteiger partial charge in [0.1, 0.15) is 0 Å². The molecule has 0 aliphatic rings. The summed E-state index contributed by atoms with van der Waals surface area (Å²) in [6.07, 6.45) is 0. The Morgan fingerprint density at radius 3 is 2.53 bits per heavy atom. The van der Waals surface area contributed by atoms with E-state index in [1.165, 1.54) is 11.1 Å². The zero-order valence-electron chi connectivity index (χ0n) is 11.4. The number of hydrogen-bond donors (Lipinski definition) is 1. The molecule has 0 fully saturated rings.